The fourth-order valence-corrected chi connectivity index (χ4v) is 7.50. The van der Waals surface area contributed by atoms with E-state index in [4.69, 9.17) is 30.1 Å². The number of nitrogens with two attached hydrogens (primary N) is 2. The van der Waals surface area contributed by atoms with Gasteiger partial charge >= 0.3 is 5.97 Å². The Morgan fingerprint density at radius 1 is 1.11 bits per heavy atom. The fourth-order valence-electron chi connectivity index (χ4n) is 7.50. The molecule has 8 N–H and O–H groups in total. The number of nitrogens with one attached hydrogen (secondary N) is 2. The van der Waals surface area contributed by atoms with Gasteiger partial charge in [0.25, 0.3) is 0 Å². The molecule has 6 unspecified atom stereocenters. The van der Waals surface area contributed by atoms with Crippen molar-refractivity contribution in [2.24, 2.45) is 11.5 Å². The highest BCUT2D eigenvalue weighted by Crippen LogP contribution is 2.54. The van der Waals surface area contributed by atoms with Gasteiger partial charge in [-0.25, -0.2) is 4.79 Å². The lowest BCUT2D eigenvalue weighted by Crippen LogP contribution is -2.52. The number of phenolic OH excluding ortho intramolecular Hbond substituents is 1. The lowest BCUT2D eigenvalue weighted by molar-refractivity contribution is -0.171. The predicted octanol–water partition coefficient (Wildman–Crippen LogP) is 2.46. The van der Waals surface area contributed by atoms with Crippen LogP contribution in [0, 0.1) is 6.92 Å². The van der Waals surface area contributed by atoms with Gasteiger partial charge in [-0.3, -0.25) is 4.79 Å². The molecule has 0 saturated carbocycles. The van der Waals surface area contributed by atoms with Crippen LogP contribution in [0.4, 0.5) is 0 Å². The van der Waals surface area contributed by atoms with E-state index in [-0.39, 0.29) is 34.6 Å². The van der Waals surface area contributed by atoms with Crippen molar-refractivity contribution in [3.8, 4) is 11.5 Å². The normalized spacial score (nSPS) is 31.6. The van der Waals surface area contributed by atoms with Gasteiger partial charge in [0.2, 0.25) is 0 Å². The molecule has 12 nitrogen and oxygen atoms in total. The first-order valence-electron chi connectivity index (χ1n) is 15.8. The summed E-state index contributed by atoms with van der Waals surface area (Å²) < 4.78 is 24.4. The molecule has 0 radical (unpaired) electrons. The average Bonchev–Trinajstić information content (AvgIpc) is 3.67. The van der Waals surface area contributed by atoms with Crippen molar-refractivity contribution < 1.29 is 33.6 Å². The number of fused-ring (bicyclic) bond motifs is 4. The van der Waals surface area contributed by atoms with Crippen molar-refractivity contribution in [3.05, 3.63) is 80.8 Å². The van der Waals surface area contributed by atoms with Crippen LogP contribution >= 0.6 is 0 Å². The summed E-state index contributed by atoms with van der Waals surface area (Å²) in [6.07, 6.45) is 7.64. The molecule has 7 rings (SSSR count). The van der Waals surface area contributed by atoms with Crippen molar-refractivity contribution in [2.45, 2.75) is 94.3 Å². The summed E-state index contributed by atoms with van der Waals surface area (Å²) in [6.45, 7) is 5.93. The van der Waals surface area contributed by atoms with Crippen molar-refractivity contribution in [3.63, 3.8) is 0 Å². The van der Waals surface area contributed by atoms with Gasteiger partial charge in [-0.15, -0.1) is 0 Å². The number of rotatable bonds is 4. The highest BCUT2D eigenvalue weighted by molar-refractivity contribution is 5.88. The molecule has 1 aromatic carbocycles. The maximum Gasteiger partial charge on any atom is 0.341 e. The molecule has 2 saturated heterocycles. The van der Waals surface area contributed by atoms with Crippen LogP contribution in [0.2, 0.25) is 0 Å². The van der Waals surface area contributed by atoms with E-state index in [1.807, 2.05) is 26.0 Å². The minimum Gasteiger partial charge on any atom is -0.507 e. The molecule has 2 fully saturated rings. The second-order valence-electron chi connectivity index (χ2n) is 13.5. The number of allylic oxidation sites excluding steroid dienone is 2. The zero-order valence-electron chi connectivity index (χ0n) is 26.1. The van der Waals surface area contributed by atoms with Gasteiger partial charge < -0.3 is 50.9 Å². The van der Waals surface area contributed by atoms with Gasteiger partial charge in [-0.1, -0.05) is 12.2 Å². The largest absolute Gasteiger partial charge is 0.507 e. The number of hydrogen-bond donors (Lipinski definition) is 6. The summed E-state index contributed by atoms with van der Waals surface area (Å²) in [7, 11) is 0. The Morgan fingerprint density at radius 3 is 2.70 bits per heavy atom. The van der Waals surface area contributed by atoms with Crippen molar-refractivity contribution in [1.82, 2.24) is 10.6 Å². The van der Waals surface area contributed by atoms with Gasteiger partial charge in [-0.2, -0.15) is 0 Å². The third-order valence-electron chi connectivity index (χ3n) is 9.72. The molecule has 5 aliphatic heterocycles. The van der Waals surface area contributed by atoms with Crippen LogP contribution in [0.3, 0.4) is 0 Å². The highest BCUT2D eigenvalue weighted by Gasteiger charge is 2.65. The first kappa shape index (κ1) is 30.2. The second-order valence-corrected chi connectivity index (χ2v) is 13.5. The summed E-state index contributed by atoms with van der Waals surface area (Å²) in [5, 5.41) is 29.0. The number of carbonyl (C=O) groups excluding carboxylic acids is 1. The first-order valence-corrected chi connectivity index (χ1v) is 15.8. The number of aryl methyl sites for hydroxylation is 1. The fraction of sp³-hybridized carbons (Fsp3) is 0.471. The molecular weight excluding hydrogens is 592 g/mol. The second kappa shape index (κ2) is 10.8. The number of benzene rings is 1. The van der Waals surface area contributed by atoms with Gasteiger partial charge in [0.1, 0.15) is 39.9 Å². The van der Waals surface area contributed by atoms with E-state index >= 15 is 0 Å². The molecule has 1 aromatic heterocycles. The summed E-state index contributed by atoms with van der Waals surface area (Å²) in [5.74, 6) is 0.507. The molecular formula is C34H40N4O8. The number of ether oxygens (including phenoxy) is 3. The van der Waals surface area contributed by atoms with Crippen molar-refractivity contribution >= 4 is 16.9 Å². The van der Waals surface area contributed by atoms with Crippen LogP contribution in [0.15, 0.2) is 68.4 Å². The average molecular weight is 633 g/mol. The summed E-state index contributed by atoms with van der Waals surface area (Å²) >= 11 is 0. The van der Waals surface area contributed by atoms with E-state index in [1.165, 1.54) is 6.07 Å². The molecule has 0 amide bonds. The Labute approximate surface area is 265 Å². The Kier molecular flexibility index (Phi) is 7.13. The molecule has 244 valence electrons. The van der Waals surface area contributed by atoms with Crippen molar-refractivity contribution in [2.75, 3.05) is 6.54 Å². The number of carbonyl (C=O) groups is 1. The van der Waals surface area contributed by atoms with Gasteiger partial charge in [-0.05, 0) is 69.8 Å². The van der Waals surface area contributed by atoms with E-state index in [2.05, 4.69) is 22.8 Å². The Morgan fingerprint density at radius 2 is 1.91 bits per heavy atom. The molecule has 5 aliphatic rings. The minimum atomic E-state index is -1.30. The van der Waals surface area contributed by atoms with Crippen LogP contribution in [-0.4, -0.2) is 58.3 Å². The van der Waals surface area contributed by atoms with Gasteiger partial charge in [0, 0.05) is 36.6 Å². The quantitative estimate of drug-likeness (QED) is 0.213. The van der Waals surface area contributed by atoms with Crippen LogP contribution in [0.5, 0.6) is 11.5 Å². The summed E-state index contributed by atoms with van der Waals surface area (Å²) in [5.41, 5.74) is 12.1. The lowest BCUT2D eigenvalue weighted by Gasteiger charge is -2.44. The zero-order valence-corrected chi connectivity index (χ0v) is 26.1. The highest BCUT2D eigenvalue weighted by atomic mass is 16.7. The molecule has 6 atom stereocenters. The predicted molar refractivity (Wildman–Crippen MR) is 169 cm³/mol. The number of hydrogen-bond acceptors (Lipinski definition) is 12. The minimum absolute atomic E-state index is 0.0419. The topological polar surface area (TPSA) is 195 Å². The number of phenols is 1. The number of esters is 1. The maximum absolute atomic E-state index is 14.0. The Bertz CT molecular complexity index is 1810. The number of epoxide rings is 1. The van der Waals surface area contributed by atoms with Gasteiger partial charge in [0.05, 0.1) is 29.9 Å². The maximum atomic E-state index is 14.0. The lowest BCUT2D eigenvalue weighted by atomic mass is 9.77. The third-order valence-corrected chi connectivity index (χ3v) is 9.72. The molecule has 1 spiro atoms. The van der Waals surface area contributed by atoms with E-state index in [9.17, 15) is 19.8 Å². The number of aromatic hydroxyl groups is 1. The standard InChI is InChI=1S/C34H40N4O8/c1-16-10-22(40)29-23(43-16)14-24-28(30(29)41)20-6-5-19(39)15-34(32(42)44-31(20)33(2,3)45-24)25(46-34)7-4-17-11-21(38-27(36)12-17)18-8-9-37-26(35)13-18/h8,10-14,19-21,25,31,37-39,41H,4-7,9,15,35-36H2,1-3H3. The molecule has 0 aliphatic carbocycles. The number of aliphatic hydroxyl groups is 1. The molecule has 12 heteroatoms. The summed E-state index contributed by atoms with van der Waals surface area (Å²) in [6, 6.07) is 2.80. The smallest absolute Gasteiger partial charge is 0.341 e. The third kappa shape index (κ3) is 5.19. The SMILES string of the molecule is Cc1cc(=O)c2c(O)c3c(cc2o1)OC(C)(C)C1OC(=O)C2(CC(O)CCC31)OC2CCC1=CC(C2=CCNC(N)=C2)NC(N)=C1. The molecule has 0 bridgehead atoms. The number of aliphatic hydroxyl groups excluding tert-OH is 1. The monoisotopic (exact) mass is 632 g/mol. The van der Waals surface area contributed by atoms with E-state index < -0.39 is 41.4 Å². The van der Waals surface area contributed by atoms with E-state index in [0.29, 0.717) is 60.9 Å². The van der Waals surface area contributed by atoms with Gasteiger partial charge in [0.15, 0.2) is 11.0 Å². The Hall–Kier alpha value is -4.42. The Balaban J connectivity index is 1.14. The molecule has 2 aromatic rings. The molecule has 6 heterocycles. The molecule has 46 heavy (non-hydrogen) atoms. The first-order chi connectivity index (χ1) is 21.8. The number of dihydropyridines is 2. The zero-order chi connectivity index (χ0) is 32.5. The van der Waals surface area contributed by atoms with E-state index in [0.717, 1.165) is 11.1 Å². The summed E-state index contributed by atoms with van der Waals surface area (Å²) in [4.78, 5) is 26.8. The van der Waals surface area contributed by atoms with Crippen LogP contribution in [0.1, 0.15) is 63.2 Å². The van der Waals surface area contributed by atoms with Crippen LogP contribution < -0.4 is 32.3 Å². The van der Waals surface area contributed by atoms with Crippen LogP contribution in [0.25, 0.3) is 11.0 Å². The van der Waals surface area contributed by atoms with E-state index in [1.54, 1.807) is 13.0 Å². The van der Waals surface area contributed by atoms with Crippen molar-refractivity contribution in [1.29, 1.82) is 0 Å². The van der Waals surface area contributed by atoms with Crippen LogP contribution in [-0.2, 0) is 14.3 Å².